The van der Waals surface area contributed by atoms with Crippen molar-refractivity contribution in [3.05, 3.63) is 65.0 Å². The summed E-state index contributed by atoms with van der Waals surface area (Å²) in [6.07, 6.45) is -1.75. The third kappa shape index (κ3) is 4.56. The number of halogens is 3. The van der Waals surface area contributed by atoms with Gasteiger partial charge in [-0.3, -0.25) is 9.52 Å². The van der Waals surface area contributed by atoms with Crippen LogP contribution in [0.25, 0.3) is 5.52 Å². The third-order valence-corrected chi connectivity index (χ3v) is 5.72. The lowest BCUT2D eigenvalue weighted by molar-refractivity contribution is -0.137. The molecule has 3 aromatic rings. The van der Waals surface area contributed by atoms with E-state index in [1.807, 2.05) is 0 Å². The molecule has 0 radical (unpaired) electrons. The Balaban J connectivity index is 1.91. The zero-order chi connectivity index (χ0) is 22.3. The van der Waals surface area contributed by atoms with Crippen LogP contribution in [0.15, 0.2) is 42.7 Å². The van der Waals surface area contributed by atoms with Gasteiger partial charge in [-0.2, -0.15) is 18.3 Å². The van der Waals surface area contributed by atoms with Crippen molar-refractivity contribution in [2.45, 2.75) is 31.7 Å². The SMILES string of the molecule is CC(C)c1cc(C(F)(F)F)ccc1NS(=O)(=O)Cc1ccn2ncc(C(N)=O)c2c1. The average molecular weight is 440 g/mol. The first kappa shape index (κ1) is 21.6. The minimum Gasteiger partial charge on any atom is -0.365 e. The quantitative estimate of drug-likeness (QED) is 0.612. The first-order valence-electron chi connectivity index (χ1n) is 8.85. The Morgan fingerprint density at radius 3 is 2.53 bits per heavy atom. The summed E-state index contributed by atoms with van der Waals surface area (Å²) in [5.41, 5.74) is 5.61. The van der Waals surface area contributed by atoms with Crippen molar-refractivity contribution in [2.75, 3.05) is 4.72 Å². The topological polar surface area (TPSA) is 107 Å². The first-order valence-corrected chi connectivity index (χ1v) is 10.5. The lowest BCUT2D eigenvalue weighted by Crippen LogP contribution is -2.17. The van der Waals surface area contributed by atoms with Crippen LogP contribution in [0.2, 0.25) is 0 Å². The molecule has 0 saturated heterocycles. The van der Waals surface area contributed by atoms with E-state index in [4.69, 9.17) is 5.73 Å². The molecule has 0 spiro atoms. The van der Waals surface area contributed by atoms with Gasteiger partial charge in [0.2, 0.25) is 10.0 Å². The van der Waals surface area contributed by atoms with E-state index in [0.29, 0.717) is 11.1 Å². The Labute approximate surface area is 170 Å². The van der Waals surface area contributed by atoms with Crippen molar-refractivity contribution in [3.8, 4) is 0 Å². The average Bonchev–Trinajstić information content (AvgIpc) is 3.03. The monoisotopic (exact) mass is 440 g/mol. The molecule has 3 rings (SSSR count). The number of rotatable bonds is 6. The molecule has 3 N–H and O–H groups in total. The number of carbonyl (C=O) groups excluding carboxylic acids is 1. The normalized spacial score (nSPS) is 12.5. The fourth-order valence-electron chi connectivity index (χ4n) is 3.04. The maximum absolute atomic E-state index is 13.0. The van der Waals surface area contributed by atoms with Crippen molar-refractivity contribution in [2.24, 2.45) is 5.73 Å². The van der Waals surface area contributed by atoms with Gasteiger partial charge in [0.25, 0.3) is 5.91 Å². The highest BCUT2D eigenvalue weighted by atomic mass is 32.2. The van der Waals surface area contributed by atoms with Crippen LogP contribution in [-0.2, 0) is 22.0 Å². The molecule has 30 heavy (non-hydrogen) atoms. The number of hydrogen-bond donors (Lipinski definition) is 2. The Kier molecular flexibility index (Phi) is 5.50. The van der Waals surface area contributed by atoms with Crippen molar-refractivity contribution >= 4 is 27.1 Å². The first-order chi connectivity index (χ1) is 13.9. The van der Waals surface area contributed by atoms with Crippen molar-refractivity contribution in [1.82, 2.24) is 9.61 Å². The van der Waals surface area contributed by atoms with Crippen LogP contribution in [0.5, 0.6) is 0 Å². The minimum absolute atomic E-state index is 0.0845. The number of nitrogens with one attached hydrogen (secondary N) is 1. The number of anilines is 1. The standard InChI is InChI=1S/C19H19F3N4O3S/c1-11(2)14-8-13(19(20,21)22)3-4-16(14)25-30(28,29)10-12-5-6-26-17(7-12)15(9-24-26)18(23)27/h3-9,11,25H,10H2,1-2H3,(H2,23,27). The molecule has 2 aromatic heterocycles. The number of nitrogens with two attached hydrogens (primary N) is 1. The summed E-state index contributed by atoms with van der Waals surface area (Å²) in [7, 11) is -3.95. The molecule has 0 saturated carbocycles. The Hall–Kier alpha value is -3.08. The zero-order valence-corrected chi connectivity index (χ0v) is 16.9. The number of fused-ring (bicyclic) bond motifs is 1. The van der Waals surface area contributed by atoms with E-state index in [0.717, 1.165) is 18.2 Å². The summed E-state index contributed by atoms with van der Waals surface area (Å²) < 4.78 is 68.1. The van der Waals surface area contributed by atoms with Crippen LogP contribution < -0.4 is 10.5 Å². The summed E-state index contributed by atoms with van der Waals surface area (Å²) in [6.45, 7) is 3.35. The molecule has 0 atom stereocenters. The molecule has 0 unspecified atom stereocenters. The number of pyridine rings is 1. The largest absolute Gasteiger partial charge is 0.416 e. The molecule has 2 heterocycles. The smallest absolute Gasteiger partial charge is 0.365 e. The summed E-state index contributed by atoms with van der Waals surface area (Å²) in [6, 6.07) is 5.88. The number of aromatic nitrogens is 2. The molecule has 11 heteroatoms. The number of primary amides is 1. The fraction of sp³-hybridized carbons (Fsp3) is 0.263. The Morgan fingerprint density at radius 1 is 1.23 bits per heavy atom. The van der Waals surface area contributed by atoms with E-state index in [1.165, 1.54) is 29.0 Å². The summed E-state index contributed by atoms with van der Waals surface area (Å²) in [4.78, 5) is 11.5. The van der Waals surface area contributed by atoms with E-state index in [9.17, 15) is 26.4 Å². The molecular weight excluding hydrogens is 421 g/mol. The molecule has 0 aliphatic rings. The predicted molar refractivity (Wildman–Crippen MR) is 105 cm³/mol. The fourth-order valence-corrected chi connectivity index (χ4v) is 4.25. The molecule has 7 nitrogen and oxygen atoms in total. The maximum atomic E-state index is 13.0. The third-order valence-electron chi connectivity index (χ3n) is 4.47. The number of nitrogens with zero attached hydrogens (tertiary/aromatic N) is 2. The van der Waals surface area contributed by atoms with Gasteiger partial charge in [-0.1, -0.05) is 13.8 Å². The molecule has 1 amide bonds. The summed E-state index contributed by atoms with van der Waals surface area (Å²) in [5, 5.41) is 3.96. The highest BCUT2D eigenvalue weighted by molar-refractivity contribution is 7.91. The molecule has 160 valence electrons. The highest BCUT2D eigenvalue weighted by Crippen LogP contribution is 2.34. The summed E-state index contributed by atoms with van der Waals surface area (Å²) >= 11 is 0. The summed E-state index contributed by atoms with van der Waals surface area (Å²) in [5.74, 6) is -1.49. The van der Waals surface area contributed by atoms with Crippen molar-refractivity contribution in [1.29, 1.82) is 0 Å². The lowest BCUT2D eigenvalue weighted by atomic mass is 9.99. The van der Waals surface area contributed by atoms with E-state index in [-0.39, 0.29) is 22.7 Å². The van der Waals surface area contributed by atoms with Gasteiger partial charge in [0.05, 0.1) is 34.3 Å². The van der Waals surface area contributed by atoms with Crippen LogP contribution in [0, 0.1) is 0 Å². The predicted octanol–water partition coefficient (Wildman–Crippen LogP) is 3.52. The van der Waals surface area contributed by atoms with Crippen LogP contribution in [0.3, 0.4) is 0 Å². The van der Waals surface area contributed by atoms with Crippen LogP contribution >= 0.6 is 0 Å². The van der Waals surface area contributed by atoms with E-state index in [2.05, 4.69) is 9.82 Å². The van der Waals surface area contributed by atoms with Crippen molar-refractivity contribution in [3.63, 3.8) is 0 Å². The second-order valence-electron chi connectivity index (χ2n) is 7.10. The van der Waals surface area contributed by atoms with Gasteiger partial charge in [0.15, 0.2) is 0 Å². The van der Waals surface area contributed by atoms with Gasteiger partial charge in [-0.15, -0.1) is 0 Å². The Bertz CT molecular complexity index is 1220. The second kappa shape index (κ2) is 7.63. The molecule has 0 fully saturated rings. The van der Waals surface area contributed by atoms with Gasteiger partial charge in [0.1, 0.15) is 0 Å². The van der Waals surface area contributed by atoms with Crippen LogP contribution in [0.1, 0.15) is 46.8 Å². The number of alkyl halides is 3. The van der Waals surface area contributed by atoms with Gasteiger partial charge < -0.3 is 5.73 Å². The van der Waals surface area contributed by atoms with Gasteiger partial charge >= 0.3 is 6.18 Å². The molecular formula is C19H19F3N4O3S. The van der Waals surface area contributed by atoms with Crippen LogP contribution in [0.4, 0.5) is 18.9 Å². The minimum atomic E-state index is -4.53. The van der Waals surface area contributed by atoms with Crippen molar-refractivity contribution < 1.29 is 26.4 Å². The number of sulfonamides is 1. The van der Waals surface area contributed by atoms with Gasteiger partial charge in [-0.25, -0.2) is 12.9 Å². The van der Waals surface area contributed by atoms with E-state index >= 15 is 0 Å². The number of benzene rings is 1. The number of amides is 1. The van der Waals surface area contributed by atoms with E-state index < -0.39 is 33.4 Å². The van der Waals surface area contributed by atoms with Gasteiger partial charge in [0, 0.05) is 6.20 Å². The molecule has 0 bridgehead atoms. The second-order valence-corrected chi connectivity index (χ2v) is 8.83. The number of carbonyl (C=O) groups is 1. The van der Waals surface area contributed by atoms with Gasteiger partial charge in [-0.05, 0) is 47.4 Å². The zero-order valence-electron chi connectivity index (χ0n) is 16.1. The molecule has 0 aliphatic carbocycles. The van der Waals surface area contributed by atoms with E-state index in [1.54, 1.807) is 13.8 Å². The van der Waals surface area contributed by atoms with Crippen LogP contribution in [-0.4, -0.2) is 23.9 Å². The lowest BCUT2D eigenvalue weighted by Gasteiger charge is -2.17. The maximum Gasteiger partial charge on any atom is 0.416 e. The Morgan fingerprint density at radius 2 is 1.93 bits per heavy atom. The molecule has 1 aromatic carbocycles. The number of hydrogen-bond acceptors (Lipinski definition) is 4. The highest BCUT2D eigenvalue weighted by Gasteiger charge is 2.31. The molecule has 0 aliphatic heterocycles.